The molecular weight excluding hydrogens is 352 g/mol. The molecular formula is C19H16N2O4S. The Labute approximate surface area is 151 Å². The average molecular weight is 368 g/mol. The van der Waals surface area contributed by atoms with Gasteiger partial charge in [-0.1, -0.05) is 42.5 Å². The minimum Gasteiger partial charge on any atom is -0.350 e. The molecule has 0 fully saturated rings. The Bertz CT molecular complexity index is 1050. The van der Waals surface area contributed by atoms with Crippen LogP contribution in [0, 0.1) is 10.1 Å². The van der Waals surface area contributed by atoms with Crippen molar-refractivity contribution in [2.75, 3.05) is 11.6 Å². The maximum absolute atomic E-state index is 11.6. The first-order valence-electron chi connectivity index (χ1n) is 7.75. The van der Waals surface area contributed by atoms with E-state index in [4.69, 9.17) is 0 Å². The molecule has 0 aliphatic carbocycles. The number of rotatable bonds is 5. The molecule has 6 nitrogen and oxygen atoms in total. The minimum absolute atomic E-state index is 0.0887. The van der Waals surface area contributed by atoms with E-state index >= 15 is 0 Å². The Morgan fingerprint density at radius 1 is 0.885 bits per heavy atom. The lowest BCUT2D eigenvalue weighted by Crippen LogP contribution is -2.02. The van der Waals surface area contributed by atoms with Crippen LogP contribution in [-0.2, 0) is 9.84 Å². The summed E-state index contributed by atoms with van der Waals surface area (Å²) in [6.45, 7) is 0. The molecule has 132 valence electrons. The van der Waals surface area contributed by atoms with Crippen molar-refractivity contribution < 1.29 is 13.3 Å². The summed E-state index contributed by atoms with van der Waals surface area (Å²) in [4.78, 5) is 10.6. The fourth-order valence-corrected chi connectivity index (χ4v) is 3.17. The molecule has 26 heavy (non-hydrogen) atoms. The first-order valence-corrected chi connectivity index (χ1v) is 9.65. The Kier molecular flexibility index (Phi) is 4.73. The van der Waals surface area contributed by atoms with Crippen LogP contribution in [0.25, 0.3) is 11.1 Å². The van der Waals surface area contributed by atoms with Crippen LogP contribution < -0.4 is 5.32 Å². The van der Waals surface area contributed by atoms with Gasteiger partial charge in [-0.2, -0.15) is 0 Å². The van der Waals surface area contributed by atoms with Gasteiger partial charge in [-0.25, -0.2) is 8.42 Å². The van der Waals surface area contributed by atoms with Crippen molar-refractivity contribution in [3.05, 3.63) is 82.9 Å². The highest BCUT2D eigenvalue weighted by molar-refractivity contribution is 7.90. The number of sulfone groups is 1. The molecule has 7 heteroatoms. The Balaban J connectivity index is 1.90. The van der Waals surface area contributed by atoms with Gasteiger partial charge in [0.2, 0.25) is 0 Å². The lowest BCUT2D eigenvalue weighted by Gasteiger charge is -2.09. The molecule has 0 radical (unpaired) electrons. The Hall–Kier alpha value is -3.19. The molecule has 0 saturated heterocycles. The van der Waals surface area contributed by atoms with E-state index in [9.17, 15) is 18.5 Å². The van der Waals surface area contributed by atoms with E-state index in [1.54, 1.807) is 0 Å². The largest absolute Gasteiger partial charge is 0.350 e. The zero-order valence-electron chi connectivity index (χ0n) is 13.9. The highest BCUT2D eigenvalue weighted by Crippen LogP contribution is 2.31. The van der Waals surface area contributed by atoms with Crippen molar-refractivity contribution in [1.82, 2.24) is 0 Å². The quantitative estimate of drug-likeness (QED) is 0.532. The predicted molar refractivity (Wildman–Crippen MR) is 101 cm³/mol. The summed E-state index contributed by atoms with van der Waals surface area (Å²) in [5, 5.41) is 14.3. The van der Waals surface area contributed by atoms with Gasteiger partial charge < -0.3 is 5.32 Å². The Morgan fingerprint density at radius 3 is 2.08 bits per heavy atom. The van der Waals surface area contributed by atoms with Crippen molar-refractivity contribution in [3.63, 3.8) is 0 Å². The van der Waals surface area contributed by atoms with Gasteiger partial charge in [-0.05, 0) is 35.4 Å². The van der Waals surface area contributed by atoms with Crippen molar-refractivity contribution in [1.29, 1.82) is 0 Å². The molecule has 0 spiro atoms. The summed E-state index contributed by atoms with van der Waals surface area (Å²) in [5.74, 6) is 0. The van der Waals surface area contributed by atoms with Crippen LogP contribution in [0.4, 0.5) is 17.1 Å². The van der Waals surface area contributed by atoms with Crippen molar-refractivity contribution in [2.24, 2.45) is 0 Å². The molecule has 0 unspecified atom stereocenters. The van der Waals surface area contributed by atoms with Gasteiger partial charge in [-0.3, -0.25) is 10.1 Å². The molecule has 0 bridgehead atoms. The number of hydrogen-bond donors (Lipinski definition) is 1. The van der Waals surface area contributed by atoms with Gasteiger partial charge in [0.1, 0.15) is 5.69 Å². The third-order valence-electron chi connectivity index (χ3n) is 3.87. The number of hydrogen-bond acceptors (Lipinski definition) is 5. The smallest absolute Gasteiger partial charge is 0.293 e. The normalized spacial score (nSPS) is 11.1. The summed E-state index contributed by atoms with van der Waals surface area (Å²) < 4.78 is 23.2. The minimum atomic E-state index is -3.52. The molecule has 0 saturated carbocycles. The molecule has 0 aromatic heterocycles. The van der Waals surface area contributed by atoms with E-state index in [1.807, 2.05) is 54.6 Å². The molecule has 0 amide bonds. The van der Waals surface area contributed by atoms with Crippen LogP contribution in [-0.4, -0.2) is 19.6 Å². The lowest BCUT2D eigenvalue weighted by molar-refractivity contribution is -0.384. The Morgan fingerprint density at radius 2 is 1.50 bits per heavy atom. The molecule has 1 N–H and O–H groups in total. The number of nitrogens with one attached hydrogen (secondary N) is 1. The van der Waals surface area contributed by atoms with E-state index in [2.05, 4.69) is 5.32 Å². The van der Waals surface area contributed by atoms with Crippen LogP contribution in [0.3, 0.4) is 0 Å². The highest BCUT2D eigenvalue weighted by atomic mass is 32.2. The molecule has 3 rings (SSSR count). The first kappa shape index (κ1) is 17.6. The van der Waals surface area contributed by atoms with Gasteiger partial charge in [0.05, 0.1) is 9.82 Å². The fourth-order valence-electron chi connectivity index (χ4n) is 2.53. The predicted octanol–water partition coefficient (Wildman–Crippen LogP) is 4.41. The van der Waals surface area contributed by atoms with E-state index in [-0.39, 0.29) is 16.3 Å². The van der Waals surface area contributed by atoms with Crippen LogP contribution in [0.15, 0.2) is 77.7 Å². The maximum Gasteiger partial charge on any atom is 0.293 e. The van der Waals surface area contributed by atoms with Gasteiger partial charge in [0.25, 0.3) is 5.69 Å². The second-order valence-electron chi connectivity index (χ2n) is 5.78. The zero-order chi connectivity index (χ0) is 18.7. The van der Waals surface area contributed by atoms with E-state index in [0.29, 0.717) is 5.69 Å². The van der Waals surface area contributed by atoms with E-state index < -0.39 is 14.8 Å². The van der Waals surface area contributed by atoms with Crippen LogP contribution in [0.5, 0.6) is 0 Å². The van der Waals surface area contributed by atoms with Crippen LogP contribution >= 0.6 is 0 Å². The van der Waals surface area contributed by atoms with Crippen LogP contribution in [0.2, 0.25) is 0 Å². The standard InChI is InChI=1S/C19H16N2O4S/c1-26(24,25)17-11-12-18(19(13-17)21(22)23)20-16-9-7-15(8-10-16)14-5-3-2-4-6-14/h2-13,20H,1H3. The number of nitrogens with zero attached hydrogens (tertiary/aromatic N) is 1. The van der Waals surface area contributed by atoms with Gasteiger partial charge in [0, 0.05) is 18.0 Å². The zero-order valence-corrected chi connectivity index (χ0v) is 14.7. The summed E-state index contributed by atoms with van der Waals surface area (Å²) in [7, 11) is -3.52. The third-order valence-corrected chi connectivity index (χ3v) is 4.98. The maximum atomic E-state index is 11.6. The second-order valence-corrected chi connectivity index (χ2v) is 7.79. The second kappa shape index (κ2) is 6.97. The topological polar surface area (TPSA) is 89.3 Å². The van der Waals surface area contributed by atoms with Crippen LogP contribution in [0.1, 0.15) is 0 Å². The summed E-state index contributed by atoms with van der Waals surface area (Å²) in [6.07, 6.45) is 1.02. The average Bonchev–Trinajstić information content (AvgIpc) is 2.62. The number of nitro groups is 1. The molecule has 0 aliphatic rings. The fraction of sp³-hybridized carbons (Fsp3) is 0.0526. The lowest BCUT2D eigenvalue weighted by atomic mass is 10.1. The summed E-state index contributed by atoms with van der Waals surface area (Å²) >= 11 is 0. The highest BCUT2D eigenvalue weighted by Gasteiger charge is 2.18. The monoisotopic (exact) mass is 368 g/mol. The van der Waals surface area contributed by atoms with Crippen molar-refractivity contribution >= 4 is 26.9 Å². The summed E-state index contributed by atoms with van der Waals surface area (Å²) in [6, 6.07) is 21.1. The molecule has 3 aromatic carbocycles. The molecule has 0 aliphatic heterocycles. The number of nitro benzene ring substituents is 1. The number of anilines is 2. The van der Waals surface area contributed by atoms with Gasteiger partial charge >= 0.3 is 0 Å². The SMILES string of the molecule is CS(=O)(=O)c1ccc(Nc2ccc(-c3ccccc3)cc2)c([N+](=O)[O-])c1. The third kappa shape index (κ3) is 3.89. The van der Waals surface area contributed by atoms with Gasteiger partial charge in [-0.15, -0.1) is 0 Å². The summed E-state index contributed by atoms with van der Waals surface area (Å²) in [5.41, 5.74) is 2.70. The van der Waals surface area contributed by atoms with Gasteiger partial charge in [0.15, 0.2) is 9.84 Å². The van der Waals surface area contributed by atoms with E-state index in [0.717, 1.165) is 23.4 Å². The van der Waals surface area contributed by atoms with Crippen molar-refractivity contribution in [2.45, 2.75) is 4.90 Å². The first-order chi connectivity index (χ1) is 12.3. The molecule has 0 heterocycles. The molecule has 0 atom stereocenters. The molecule has 3 aromatic rings. The number of benzene rings is 3. The van der Waals surface area contributed by atoms with E-state index in [1.165, 1.54) is 12.1 Å². The van der Waals surface area contributed by atoms with Crippen molar-refractivity contribution in [3.8, 4) is 11.1 Å².